The fourth-order valence-electron chi connectivity index (χ4n) is 3.39. The van der Waals surface area contributed by atoms with Crippen LogP contribution in [0.3, 0.4) is 0 Å². The molecule has 2 amide bonds. The molecule has 1 aromatic heterocycles. The molecule has 4 rings (SSSR count). The molecular weight excluding hydrogens is 334 g/mol. The van der Waals surface area contributed by atoms with Crippen molar-refractivity contribution in [3.05, 3.63) is 43.2 Å². The first-order valence-electron chi connectivity index (χ1n) is 8.39. The van der Waals surface area contributed by atoms with Crippen LogP contribution in [0.25, 0.3) is 11.4 Å². The molecule has 3 aliphatic heterocycles. The summed E-state index contributed by atoms with van der Waals surface area (Å²) >= 11 is 0. The number of hydrogen-bond acceptors (Lipinski definition) is 6. The summed E-state index contributed by atoms with van der Waals surface area (Å²) in [4.78, 5) is 23.0. The molecule has 1 saturated heterocycles. The van der Waals surface area contributed by atoms with Crippen molar-refractivity contribution >= 4 is 11.7 Å². The predicted octanol–water partition coefficient (Wildman–Crippen LogP) is 1.53. The number of aromatic nitrogens is 5. The van der Waals surface area contributed by atoms with E-state index >= 15 is 0 Å². The fourth-order valence-corrected chi connectivity index (χ4v) is 3.39. The Hall–Kier alpha value is -3.07. The number of rotatable bonds is 2. The van der Waals surface area contributed by atoms with Crippen molar-refractivity contribution in [1.82, 2.24) is 29.6 Å². The first-order valence-corrected chi connectivity index (χ1v) is 8.39. The Morgan fingerprint density at radius 3 is 3.12 bits per heavy atom. The Kier molecular flexibility index (Phi) is 4.00. The summed E-state index contributed by atoms with van der Waals surface area (Å²) in [5.74, 6) is 0.549. The van der Waals surface area contributed by atoms with Crippen molar-refractivity contribution in [3.63, 3.8) is 0 Å². The summed E-state index contributed by atoms with van der Waals surface area (Å²) in [6.07, 6.45) is 8.76. The van der Waals surface area contributed by atoms with Crippen LogP contribution in [0.4, 0.5) is 10.5 Å². The average Bonchev–Trinajstić information content (AvgIpc) is 3.10. The number of urea groups is 1. The standard InChI is InChI=1S/C17H19N7O2/c1-17(23-10-12-8-20-22-15(12)19-11-23)7-14(25)4-6-24(17)16(26)21-13-3-2-5-18-9-13/h2-3,5,8-11,14,25H,4,6-7H2,1H3,(H,21,26). The van der Waals surface area contributed by atoms with Crippen LogP contribution >= 0.6 is 0 Å². The van der Waals surface area contributed by atoms with Crippen molar-refractivity contribution in [2.75, 3.05) is 11.9 Å². The summed E-state index contributed by atoms with van der Waals surface area (Å²) in [5, 5.41) is 20.9. The molecule has 0 aromatic carbocycles. The monoisotopic (exact) mass is 353 g/mol. The van der Waals surface area contributed by atoms with E-state index in [-0.39, 0.29) is 6.03 Å². The molecule has 2 atom stereocenters. The molecule has 134 valence electrons. The molecule has 3 aliphatic rings. The first-order chi connectivity index (χ1) is 12.6. The SMILES string of the molecule is CC1(n2cnc3nncc-3c2)CC(O)CCN1C(=O)Nc1cccnc1. The van der Waals surface area contributed by atoms with Gasteiger partial charge < -0.3 is 19.9 Å². The molecule has 0 bridgehead atoms. The van der Waals surface area contributed by atoms with Crippen molar-refractivity contribution in [2.45, 2.75) is 31.5 Å². The van der Waals surface area contributed by atoms with Crippen LogP contribution in [0.15, 0.2) is 43.2 Å². The van der Waals surface area contributed by atoms with E-state index < -0.39 is 11.8 Å². The third-order valence-corrected chi connectivity index (χ3v) is 4.79. The number of likely N-dealkylation sites (tertiary alicyclic amines) is 1. The van der Waals surface area contributed by atoms with Crippen molar-refractivity contribution in [1.29, 1.82) is 0 Å². The molecule has 2 N–H and O–H groups in total. The number of carbonyl (C=O) groups is 1. The predicted molar refractivity (Wildman–Crippen MR) is 93.3 cm³/mol. The fraction of sp³-hybridized carbons (Fsp3) is 0.353. The van der Waals surface area contributed by atoms with Gasteiger partial charge in [0.1, 0.15) is 5.66 Å². The lowest BCUT2D eigenvalue weighted by molar-refractivity contribution is -0.0290. The van der Waals surface area contributed by atoms with Gasteiger partial charge in [-0.1, -0.05) is 0 Å². The van der Waals surface area contributed by atoms with Gasteiger partial charge in [-0.3, -0.25) is 4.98 Å². The normalized spacial score (nSPS) is 23.2. The van der Waals surface area contributed by atoms with Gasteiger partial charge in [0, 0.05) is 25.4 Å². The lowest BCUT2D eigenvalue weighted by Crippen LogP contribution is -2.58. The highest BCUT2D eigenvalue weighted by atomic mass is 16.3. The van der Waals surface area contributed by atoms with Gasteiger partial charge in [-0.2, -0.15) is 5.10 Å². The Labute approximate surface area is 150 Å². The van der Waals surface area contributed by atoms with Gasteiger partial charge in [0.2, 0.25) is 0 Å². The first kappa shape index (κ1) is 16.4. The third kappa shape index (κ3) is 2.86. The van der Waals surface area contributed by atoms with E-state index in [0.29, 0.717) is 30.9 Å². The zero-order valence-electron chi connectivity index (χ0n) is 14.3. The quantitative estimate of drug-likeness (QED) is 0.723. The number of aliphatic hydroxyl groups is 1. The van der Waals surface area contributed by atoms with Crippen molar-refractivity contribution < 1.29 is 9.90 Å². The Bertz CT molecular complexity index is 884. The molecule has 9 heteroatoms. The highest BCUT2D eigenvalue weighted by Crippen LogP contribution is 2.34. The van der Waals surface area contributed by atoms with Crippen LogP contribution in [-0.2, 0) is 5.66 Å². The zero-order chi connectivity index (χ0) is 18.1. The summed E-state index contributed by atoms with van der Waals surface area (Å²) in [7, 11) is 0. The summed E-state index contributed by atoms with van der Waals surface area (Å²) < 4.78 is 1.84. The highest BCUT2D eigenvalue weighted by Gasteiger charge is 2.42. The second kappa shape index (κ2) is 6.34. The lowest BCUT2D eigenvalue weighted by Gasteiger charge is -2.47. The van der Waals surface area contributed by atoms with E-state index in [1.807, 2.05) is 17.7 Å². The summed E-state index contributed by atoms with van der Waals surface area (Å²) in [6.45, 7) is 2.34. The number of nitrogens with zero attached hydrogens (tertiary/aromatic N) is 6. The van der Waals surface area contributed by atoms with Crippen LogP contribution < -0.4 is 5.32 Å². The minimum atomic E-state index is -0.775. The van der Waals surface area contributed by atoms with Gasteiger partial charge in [0.15, 0.2) is 5.82 Å². The number of fused-ring (bicyclic) bond motifs is 1. The number of pyridine rings is 1. The van der Waals surface area contributed by atoms with Gasteiger partial charge in [0.25, 0.3) is 0 Å². The van der Waals surface area contributed by atoms with Crippen LogP contribution in [0.2, 0.25) is 0 Å². The van der Waals surface area contributed by atoms with Crippen LogP contribution in [0.1, 0.15) is 19.8 Å². The lowest BCUT2D eigenvalue weighted by atomic mass is 9.94. The van der Waals surface area contributed by atoms with E-state index in [1.54, 1.807) is 42.0 Å². The number of amides is 2. The van der Waals surface area contributed by atoms with Gasteiger partial charge in [-0.25, -0.2) is 9.78 Å². The minimum Gasteiger partial charge on any atom is -0.393 e. The largest absolute Gasteiger partial charge is 0.393 e. The maximum absolute atomic E-state index is 12.9. The van der Waals surface area contributed by atoms with Crippen molar-refractivity contribution in [3.8, 4) is 11.4 Å². The Morgan fingerprint density at radius 1 is 1.42 bits per heavy atom. The molecule has 0 aliphatic carbocycles. The minimum absolute atomic E-state index is 0.251. The molecule has 9 nitrogen and oxygen atoms in total. The summed E-state index contributed by atoms with van der Waals surface area (Å²) in [5.41, 5.74) is 0.623. The van der Waals surface area contributed by atoms with E-state index in [2.05, 4.69) is 25.5 Å². The van der Waals surface area contributed by atoms with E-state index in [9.17, 15) is 9.90 Å². The molecular formula is C17H19N7O2. The van der Waals surface area contributed by atoms with Crippen LogP contribution in [-0.4, -0.2) is 53.4 Å². The number of nitrogens with one attached hydrogen (secondary N) is 1. The summed E-state index contributed by atoms with van der Waals surface area (Å²) in [6, 6.07) is 3.29. The van der Waals surface area contributed by atoms with E-state index in [1.165, 1.54) is 0 Å². The van der Waals surface area contributed by atoms with Crippen LogP contribution in [0.5, 0.6) is 0 Å². The van der Waals surface area contributed by atoms with E-state index in [4.69, 9.17) is 0 Å². The molecule has 26 heavy (non-hydrogen) atoms. The van der Waals surface area contributed by atoms with Crippen LogP contribution in [0, 0.1) is 0 Å². The number of carbonyl (C=O) groups excluding carboxylic acids is 1. The smallest absolute Gasteiger partial charge is 0.323 e. The number of hydrogen-bond donors (Lipinski definition) is 2. The highest BCUT2D eigenvalue weighted by molar-refractivity contribution is 5.89. The number of aliphatic hydroxyl groups excluding tert-OH is 1. The second-order valence-electron chi connectivity index (χ2n) is 6.59. The molecule has 2 unspecified atom stereocenters. The van der Waals surface area contributed by atoms with Crippen molar-refractivity contribution in [2.24, 2.45) is 0 Å². The molecule has 1 aromatic rings. The third-order valence-electron chi connectivity index (χ3n) is 4.79. The maximum atomic E-state index is 12.9. The Balaban J connectivity index is 1.68. The second-order valence-corrected chi connectivity index (χ2v) is 6.59. The van der Waals surface area contributed by atoms with E-state index in [0.717, 1.165) is 5.56 Å². The maximum Gasteiger partial charge on any atom is 0.323 e. The molecule has 0 radical (unpaired) electrons. The molecule has 4 heterocycles. The van der Waals surface area contributed by atoms with Gasteiger partial charge in [-0.05, 0) is 25.5 Å². The van der Waals surface area contributed by atoms with Gasteiger partial charge >= 0.3 is 6.03 Å². The Morgan fingerprint density at radius 2 is 2.31 bits per heavy atom. The number of piperidine rings is 1. The zero-order valence-corrected chi connectivity index (χ0v) is 14.3. The average molecular weight is 353 g/mol. The topological polar surface area (TPSA) is 109 Å². The number of anilines is 1. The van der Waals surface area contributed by atoms with Gasteiger partial charge in [-0.15, -0.1) is 5.10 Å². The molecule has 0 spiro atoms. The molecule has 1 fully saturated rings. The van der Waals surface area contributed by atoms with Gasteiger partial charge in [0.05, 0.1) is 36.1 Å². The molecule has 0 saturated carbocycles.